The summed E-state index contributed by atoms with van der Waals surface area (Å²) in [7, 11) is 1.69. The second-order valence-corrected chi connectivity index (χ2v) is 4.15. The summed E-state index contributed by atoms with van der Waals surface area (Å²) in [6.07, 6.45) is 1.55. The van der Waals surface area contributed by atoms with Gasteiger partial charge >= 0.3 is 0 Å². The number of aryl methyl sites for hydroxylation is 1. The van der Waals surface area contributed by atoms with E-state index in [1.807, 2.05) is 0 Å². The number of hydrogen-bond donors (Lipinski definition) is 0. The monoisotopic (exact) mass is 282 g/mol. The van der Waals surface area contributed by atoms with Gasteiger partial charge in [0.25, 0.3) is 0 Å². The summed E-state index contributed by atoms with van der Waals surface area (Å²) in [6, 6.07) is 5.60. The largest absolute Gasteiger partial charge is 0.287 e. The summed E-state index contributed by atoms with van der Waals surface area (Å²) in [5, 5.41) is 3.92. The number of nitrogens with zero attached hydrogens (tertiary/aromatic N) is 2. The Kier molecular flexibility index (Phi) is 2.87. The van der Waals surface area contributed by atoms with E-state index in [-0.39, 0.29) is 11.6 Å². The fraction of sp³-hybridized carbons (Fsp3) is 0.0909. The first-order valence-corrected chi connectivity index (χ1v) is 5.36. The van der Waals surface area contributed by atoms with Gasteiger partial charge in [0.1, 0.15) is 11.5 Å². The molecule has 0 radical (unpaired) electrons. The molecular weight excluding hydrogens is 275 g/mol. The molecule has 0 saturated heterocycles. The van der Waals surface area contributed by atoms with Gasteiger partial charge in [-0.2, -0.15) is 5.10 Å². The summed E-state index contributed by atoms with van der Waals surface area (Å²) in [4.78, 5) is 12.0. The van der Waals surface area contributed by atoms with Crippen LogP contribution < -0.4 is 0 Å². The normalized spacial score (nSPS) is 10.4. The van der Waals surface area contributed by atoms with Crippen LogP contribution in [0, 0.1) is 5.82 Å². The summed E-state index contributed by atoms with van der Waals surface area (Å²) in [5.41, 5.74) is 0.886. The van der Waals surface area contributed by atoms with Crippen molar-refractivity contribution in [1.29, 1.82) is 0 Å². The van der Waals surface area contributed by atoms with Crippen LogP contribution in [0.1, 0.15) is 16.1 Å². The highest BCUT2D eigenvalue weighted by Gasteiger charge is 2.15. The number of rotatable bonds is 2. The van der Waals surface area contributed by atoms with Crippen LogP contribution in [0.25, 0.3) is 0 Å². The van der Waals surface area contributed by atoms with E-state index in [2.05, 4.69) is 21.0 Å². The maximum atomic E-state index is 12.9. The Balaban J connectivity index is 2.46. The first-order valence-electron chi connectivity index (χ1n) is 4.57. The molecule has 3 nitrogen and oxygen atoms in total. The van der Waals surface area contributed by atoms with Gasteiger partial charge in [0, 0.05) is 23.3 Å². The molecule has 82 valence electrons. The maximum absolute atomic E-state index is 12.9. The Bertz CT molecular complexity index is 551. The Hall–Kier alpha value is -1.49. The average molecular weight is 283 g/mol. The highest BCUT2D eigenvalue weighted by atomic mass is 79.9. The van der Waals surface area contributed by atoms with E-state index >= 15 is 0 Å². The molecule has 0 spiro atoms. The van der Waals surface area contributed by atoms with Crippen molar-refractivity contribution in [3.63, 3.8) is 0 Å². The van der Waals surface area contributed by atoms with E-state index in [0.29, 0.717) is 15.7 Å². The second kappa shape index (κ2) is 4.17. The van der Waals surface area contributed by atoms with Crippen LogP contribution in [0.2, 0.25) is 0 Å². The molecule has 5 heteroatoms. The van der Waals surface area contributed by atoms with Crippen molar-refractivity contribution >= 4 is 21.7 Å². The first-order chi connectivity index (χ1) is 7.59. The third-order valence-electron chi connectivity index (χ3n) is 2.23. The fourth-order valence-corrected chi connectivity index (χ4v) is 1.94. The summed E-state index contributed by atoms with van der Waals surface area (Å²) < 4.78 is 14.8. The highest BCUT2D eigenvalue weighted by molar-refractivity contribution is 9.10. The Morgan fingerprint density at radius 2 is 2.19 bits per heavy atom. The van der Waals surface area contributed by atoms with E-state index in [1.165, 1.54) is 22.9 Å². The molecule has 0 fully saturated rings. The number of aromatic nitrogens is 2. The first kappa shape index (κ1) is 11.0. The molecule has 0 unspecified atom stereocenters. The summed E-state index contributed by atoms with van der Waals surface area (Å²) in [5.74, 6) is -0.569. The van der Waals surface area contributed by atoms with Crippen LogP contribution in [0.3, 0.4) is 0 Å². The molecule has 0 aliphatic carbocycles. The molecule has 0 N–H and O–H groups in total. The molecule has 0 atom stereocenters. The SMILES string of the molecule is Cn1nccc1C(=O)c1ccc(F)cc1Br. The molecule has 1 heterocycles. The number of carbonyl (C=O) groups is 1. The molecule has 16 heavy (non-hydrogen) atoms. The maximum Gasteiger partial charge on any atom is 0.212 e. The molecule has 0 amide bonds. The number of carbonyl (C=O) groups excluding carboxylic acids is 1. The summed E-state index contributed by atoms with van der Waals surface area (Å²) >= 11 is 3.17. The lowest BCUT2D eigenvalue weighted by molar-refractivity contribution is 0.102. The summed E-state index contributed by atoms with van der Waals surface area (Å²) in [6.45, 7) is 0. The zero-order valence-corrected chi connectivity index (χ0v) is 10.0. The lowest BCUT2D eigenvalue weighted by Crippen LogP contribution is -2.08. The minimum absolute atomic E-state index is 0.188. The lowest BCUT2D eigenvalue weighted by atomic mass is 10.1. The van der Waals surface area contributed by atoms with Gasteiger partial charge in [-0.25, -0.2) is 4.39 Å². The van der Waals surface area contributed by atoms with E-state index < -0.39 is 0 Å². The smallest absolute Gasteiger partial charge is 0.212 e. The van der Waals surface area contributed by atoms with Crippen LogP contribution in [-0.4, -0.2) is 15.6 Å². The number of benzene rings is 1. The third kappa shape index (κ3) is 1.90. The predicted octanol–water partition coefficient (Wildman–Crippen LogP) is 2.55. The van der Waals surface area contributed by atoms with Crippen LogP contribution >= 0.6 is 15.9 Å². The van der Waals surface area contributed by atoms with Gasteiger partial charge in [0.05, 0.1) is 0 Å². The van der Waals surface area contributed by atoms with E-state index in [1.54, 1.807) is 19.3 Å². The van der Waals surface area contributed by atoms with Crippen molar-refractivity contribution in [3.8, 4) is 0 Å². The molecular formula is C11H8BrFN2O. The quantitative estimate of drug-likeness (QED) is 0.794. The Morgan fingerprint density at radius 1 is 1.44 bits per heavy atom. The number of hydrogen-bond acceptors (Lipinski definition) is 2. The van der Waals surface area contributed by atoms with Crippen molar-refractivity contribution in [1.82, 2.24) is 9.78 Å². The molecule has 1 aromatic heterocycles. The van der Waals surface area contributed by atoms with Crippen molar-refractivity contribution in [2.75, 3.05) is 0 Å². The zero-order chi connectivity index (χ0) is 11.7. The Morgan fingerprint density at radius 3 is 2.75 bits per heavy atom. The fourth-order valence-electron chi connectivity index (χ4n) is 1.41. The van der Waals surface area contributed by atoms with Gasteiger partial charge in [-0.1, -0.05) is 0 Å². The van der Waals surface area contributed by atoms with Gasteiger partial charge in [0.2, 0.25) is 5.78 Å². The van der Waals surface area contributed by atoms with Gasteiger partial charge in [0.15, 0.2) is 0 Å². The Labute approximate surface area is 100 Å². The average Bonchev–Trinajstić information content (AvgIpc) is 2.63. The minimum Gasteiger partial charge on any atom is -0.287 e. The number of halogens is 2. The van der Waals surface area contributed by atoms with Gasteiger partial charge in [-0.15, -0.1) is 0 Å². The minimum atomic E-state index is -0.381. The molecule has 0 bridgehead atoms. The van der Waals surface area contributed by atoms with E-state index in [9.17, 15) is 9.18 Å². The van der Waals surface area contributed by atoms with Gasteiger partial charge < -0.3 is 0 Å². The molecule has 0 aliphatic rings. The molecule has 2 rings (SSSR count). The highest BCUT2D eigenvalue weighted by Crippen LogP contribution is 2.20. The standard InChI is InChI=1S/C11H8BrFN2O/c1-15-10(4-5-14-15)11(16)8-3-2-7(13)6-9(8)12/h2-6H,1H3. The van der Waals surface area contributed by atoms with Crippen molar-refractivity contribution in [3.05, 3.63) is 52.0 Å². The third-order valence-corrected chi connectivity index (χ3v) is 2.89. The van der Waals surface area contributed by atoms with Crippen molar-refractivity contribution in [2.45, 2.75) is 0 Å². The van der Waals surface area contributed by atoms with Crippen molar-refractivity contribution < 1.29 is 9.18 Å². The lowest BCUT2D eigenvalue weighted by Gasteiger charge is -2.03. The van der Waals surface area contributed by atoms with Crippen LogP contribution in [0.5, 0.6) is 0 Å². The zero-order valence-electron chi connectivity index (χ0n) is 8.45. The molecule has 2 aromatic rings. The molecule has 1 aromatic carbocycles. The topological polar surface area (TPSA) is 34.9 Å². The van der Waals surface area contributed by atoms with Gasteiger partial charge in [-0.05, 0) is 40.2 Å². The van der Waals surface area contributed by atoms with Crippen LogP contribution in [-0.2, 0) is 7.05 Å². The number of ketones is 1. The van der Waals surface area contributed by atoms with E-state index in [4.69, 9.17) is 0 Å². The van der Waals surface area contributed by atoms with Crippen molar-refractivity contribution in [2.24, 2.45) is 7.05 Å². The van der Waals surface area contributed by atoms with E-state index in [0.717, 1.165) is 0 Å². The second-order valence-electron chi connectivity index (χ2n) is 3.29. The molecule has 0 saturated carbocycles. The van der Waals surface area contributed by atoms with Crippen LogP contribution in [0.15, 0.2) is 34.9 Å². The van der Waals surface area contributed by atoms with Gasteiger partial charge in [-0.3, -0.25) is 9.48 Å². The predicted molar refractivity (Wildman–Crippen MR) is 60.7 cm³/mol. The van der Waals surface area contributed by atoms with Crippen LogP contribution in [0.4, 0.5) is 4.39 Å². The molecule has 0 aliphatic heterocycles.